The lowest BCUT2D eigenvalue weighted by atomic mass is 9.94. The van der Waals surface area contributed by atoms with Gasteiger partial charge in [0.2, 0.25) is 0 Å². The number of halogens is 2. The lowest BCUT2D eigenvalue weighted by Gasteiger charge is -2.26. The van der Waals surface area contributed by atoms with E-state index in [1.807, 2.05) is 6.07 Å². The van der Waals surface area contributed by atoms with Crippen LogP contribution in [0.2, 0.25) is 5.02 Å². The summed E-state index contributed by atoms with van der Waals surface area (Å²) < 4.78 is 0.963. The minimum atomic E-state index is -0.763. The Balaban J connectivity index is 1.99. The molecule has 1 aliphatic rings. The van der Waals surface area contributed by atoms with E-state index in [0.29, 0.717) is 17.1 Å². The Morgan fingerprint density at radius 2 is 1.95 bits per heavy atom. The van der Waals surface area contributed by atoms with E-state index in [0.717, 1.165) is 29.3 Å². The molecule has 1 amide bonds. The topological polar surface area (TPSA) is 49.3 Å². The Kier molecular flexibility index (Phi) is 5.69. The summed E-state index contributed by atoms with van der Waals surface area (Å²) in [5.74, 6) is -0.216. The van der Waals surface area contributed by atoms with Gasteiger partial charge in [-0.05, 0) is 53.6 Å². The van der Waals surface area contributed by atoms with Gasteiger partial charge in [0.1, 0.15) is 0 Å². The van der Waals surface area contributed by atoms with Gasteiger partial charge in [-0.25, -0.2) is 0 Å². The van der Waals surface area contributed by atoms with Gasteiger partial charge in [0.15, 0.2) is 0 Å². The number of benzene rings is 1. The van der Waals surface area contributed by atoms with E-state index < -0.39 is 5.60 Å². The van der Waals surface area contributed by atoms with E-state index in [9.17, 15) is 9.90 Å². The quantitative estimate of drug-likeness (QED) is 0.592. The Bertz CT molecular complexity index is 485. The van der Waals surface area contributed by atoms with E-state index in [1.165, 1.54) is 12.8 Å². The smallest absolute Gasteiger partial charge is 0.252 e. The highest BCUT2D eigenvalue weighted by Crippen LogP contribution is 2.26. The van der Waals surface area contributed by atoms with Gasteiger partial charge >= 0.3 is 0 Å². The Hall–Kier alpha value is -0.330. The second-order valence-corrected chi connectivity index (χ2v) is 7.10. The number of amides is 1. The van der Waals surface area contributed by atoms with Crippen molar-refractivity contribution in [1.29, 1.82) is 0 Å². The maximum absolute atomic E-state index is 12.2. The van der Waals surface area contributed by atoms with Crippen molar-refractivity contribution in [3.05, 3.63) is 32.4 Å². The van der Waals surface area contributed by atoms with Crippen LogP contribution >= 0.6 is 34.2 Å². The van der Waals surface area contributed by atoms with Crippen molar-refractivity contribution >= 4 is 40.1 Å². The van der Waals surface area contributed by atoms with Crippen molar-refractivity contribution < 1.29 is 9.90 Å². The fraction of sp³-hybridized carbons (Fsp3) is 0.533. The molecule has 2 rings (SSSR count). The molecule has 1 fully saturated rings. The molecule has 0 saturated heterocycles. The molecule has 0 radical (unpaired) electrons. The van der Waals surface area contributed by atoms with Crippen LogP contribution in [0.25, 0.3) is 0 Å². The van der Waals surface area contributed by atoms with E-state index in [-0.39, 0.29) is 5.91 Å². The third kappa shape index (κ3) is 4.33. The number of carbonyl (C=O) groups excluding carboxylic acids is 1. The lowest BCUT2D eigenvalue weighted by molar-refractivity contribution is 0.0246. The summed E-state index contributed by atoms with van der Waals surface area (Å²) in [7, 11) is 0. The Labute approximate surface area is 138 Å². The molecule has 1 aromatic carbocycles. The molecule has 0 spiro atoms. The van der Waals surface area contributed by atoms with Crippen LogP contribution in [0.1, 0.15) is 48.9 Å². The van der Waals surface area contributed by atoms with Gasteiger partial charge in [-0.3, -0.25) is 4.79 Å². The van der Waals surface area contributed by atoms with Crippen LogP contribution in [0.5, 0.6) is 0 Å². The lowest BCUT2D eigenvalue weighted by Crippen LogP contribution is -2.42. The number of nitrogens with one attached hydrogen (secondary N) is 1. The molecule has 0 aliphatic heterocycles. The largest absolute Gasteiger partial charge is 0.388 e. The summed E-state index contributed by atoms with van der Waals surface area (Å²) in [5, 5.41) is 13.8. The predicted molar refractivity (Wildman–Crippen MR) is 89.2 cm³/mol. The molecular weight excluding hydrogens is 389 g/mol. The Morgan fingerprint density at radius 1 is 1.30 bits per heavy atom. The van der Waals surface area contributed by atoms with Gasteiger partial charge in [0.05, 0.1) is 16.2 Å². The van der Waals surface area contributed by atoms with E-state index >= 15 is 0 Å². The minimum Gasteiger partial charge on any atom is -0.388 e. The molecule has 0 bridgehead atoms. The number of hydrogen-bond acceptors (Lipinski definition) is 2. The molecule has 0 atom stereocenters. The number of hydrogen-bond donors (Lipinski definition) is 2. The molecule has 0 aromatic heterocycles. The van der Waals surface area contributed by atoms with Crippen LogP contribution in [0, 0.1) is 3.57 Å². The third-order valence-electron chi connectivity index (χ3n) is 3.79. The summed E-state index contributed by atoms with van der Waals surface area (Å²) >= 11 is 8.19. The van der Waals surface area contributed by atoms with Crippen LogP contribution in [0.3, 0.4) is 0 Å². The standard InChI is InChI=1S/C15H19ClINO2/c16-13-6-5-11(17)9-12(13)14(19)18-10-15(20)7-3-1-2-4-8-15/h5-6,9,20H,1-4,7-8,10H2,(H,18,19). The third-order valence-corrected chi connectivity index (χ3v) is 4.79. The Morgan fingerprint density at radius 3 is 2.60 bits per heavy atom. The number of aliphatic hydroxyl groups is 1. The fourth-order valence-corrected chi connectivity index (χ4v) is 3.27. The maximum Gasteiger partial charge on any atom is 0.252 e. The monoisotopic (exact) mass is 407 g/mol. The average Bonchev–Trinajstić information content (AvgIpc) is 2.64. The zero-order chi connectivity index (χ0) is 14.6. The molecule has 110 valence electrons. The second-order valence-electron chi connectivity index (χ2n) is 5.45. The van der Waals surface area contributed by atoms with E-state index in [2.05, 4.69) is 27.9 Å². The van der Waals surface area contributed by atoms with Gasteiger partial charge in [0, 0.05) is 10.1 Å². The van der Waals surface area contributed by atoms with Crippen LogP contribution in [0.4, 0.5) is 0 Å². The van der Waals surface area contributed by atoms with Gasteiger partial charge in [-0.15, -0.1) is 0 Å². The van der Waals surface area contributed by atoms with Crippen LogP contribution < -0.4 is 5.32 Å². The summed E-state index contributed by atoms with van der Waals surface area (Å²) in [6, 6.07) is 5.34. The van der Waals surface area contributed by atoms with Crippen molar-refractivity contribution in [2.24, 2.45) is 0 Å². The molecule has 0 unspecified atom stereocenters. The summed E-state index contributed by atoms with van der Waals surface area (Å²) in [4.78, 5) is 12.2. The first-order chi connectivity index (χ1) is 9.50. The first-order valence-corrected chi connectivity index (χ1v) is 8.41. The fourth-order valence-electron chi connectivity index (χ4n) is 2.57. The van der Waals surface area contributed by atoms with Crippen molar-refractivity contribution in [2.75, 3.05) is 6.54 Å². The molecule has 2 N–H and O–H groups in total. The van der Waals surface area contributed by atoms with Gasteiger partial charge in [-0.1, -0.05) is 37.3 Å². The summed E-state index contributed by atoms with van der Waals surface area (Å²) in [6.07, 6.45) is 5.89. The molecule has 20 heavy (non-hydrogen) atoms. The van der Waals surface area contributed by atoms with Crippen molar-refractivity contribution in [2.45, 2.75) is 44.1 Å². The van der Waals surface area contributed by atoms with Crippen molar-refractivity contribution in [3.8, 4) is 0 Å². The highest BCUT2D eigenvalue weighted by atomic mass is 127. The maximum atomic E-state index is 12.2. The van der Waals surface area contributed by atoms with Gasteiger partial charge in [0.25, 0.3) is 5.91 Å². The summed E-state index contributed by atoms with van der Waals surface area (Å²) in [5.41, 5.74) is -0.295. The molecule has 1 aliphatic carbocycles. The predicted octanol–water partition coefficient (Wildman–Crippen LogP) is 3.76. The molecule has 1 aromatic rings. The normalized spacial score (nSPS) is 18.4. The van der Waals surface area contributed by atoms with Crippen LogP contribution in [-0.4, -0.2) is 23.2 Å². The van der Waals surface area contributed by atoms with Crippen LogP contribution in [0.15, 0.2) is 18.2 Å². The van der Waals surface area contributed by atoms with E-state index in [4.69, 9.17) is 11.6 Å². The minimum absolute atomic E-state index is 0.216. The number of carbonyl (C=O) groups is 1. The number of rotatable bonds is 3. The molecule has 0 heterocycles. The van der Waals surface area contributed by atoms with Gasteiger partial charge in [-0.2, -0.15) is 0 Å². The average molecular weight is 408 g/mol. The molecular formula is C15H19ClINO2. The highest BCUT2D eigenvalue weighted by Gasteiger charge is 2.28. The van der Waals surface area contributed by atoms with Gasteiger partial charge < -0.3 is 10.4 Å². The SMILES string of the molecule is O=C(NCC1(O)CCCCCC1)c1cc(I)ccc1Cl. The first kappa shape index (κ1) is 16.0. The van der Waals surface area contributed by atoms with Crippen molar-refractivity contribution in [3.63, 3.8) is 0 Å². The zero-order valence-corrected chi connectivity index (χ0v) is 14.2. The zero-order valence-electron chi connectivity index (χ0n) is 11.3. The molecule has 5 heteroatoms. The molecule has 1 saturated carbocycles. The van der Waals surface area contributed by atoms with Crippen molar-refractivity contribution in [1.82, 2.24) is 5.32 Å². The van der Waals surface area contributed by atoms with E-state index in [1.54, 1.807) is 12.1 Å². The van der Waals surface area contributed by atoms with Crippen LogP contribution in [-0.2, 0) is 0 Å². The first-order valence-electron chi connectivity index (χ1n) is 6.96. The second kappa shape index (κ2) is 7.09. The summed E-state index contributed by atoms with van der Waals surface area (Å²) in [6.45, 7) is 0.299. The highest BCUT2D eigenvalue weighted by molar-refractivity contribution is 14.1. The molecule has 3 nitrogen and oxygen atoms in total.